The number of amides is 5. The summed E-state index contributed by atoms with van der Waals surface area (Å²) in [5.41, 5.74) is 7.46. The first-order valence-corrected chi connectivity index (χ1v) is 23.9. The normalized spacial score (nSPS) is 19.1. The maximum absolute atomic E-state index is 14.5. The molecule has 15 nitrogen and oxygen atoms in total. The Bertz CT molecular complexity index is 2390. The van der Waals surface area contributed by atoms with Gasteiger partial charge >= 0.3 is 12.2 Å². The highest BCUT2D eigenvalue weighted by Gasteiger charge is 2.45. The number of benzene rings is 3. The molecule has 67 heavy (non-hydrogen) atoms. The van der Waals surface area contributed by atoms with E-state index >= 15 is 0 Å². The summed E-state index contributed by atoms with van der Waals surface area (Å²) in [5, 5.41) is 8.64. The van der Waals surface area contributed by atoms with Gasteiger partial charge in [0, 0.05) is 37.2 Å². The molecule has 15 heteroatoms. The van der Waals surface area contributed by atoms with Gasteiger partial charge in [-0.05, 0) is 89.6 Å². The molecule has 3 aliphatic rings. The minimum atomic E-state index is -1.05. The van der Waals surface area contributed by atoms with Gasteiger partial charge in [0.2, 0.25) is 11.8 Å². The number of hydrogen-bond donors (Lipinski definition) is 4. The van der Waals surface area contributed by atoms with E-state index in [1.165, 1.54) is 25.3 Å². The highest BCUT2D eigenvalue weighted by molar-refractivity contribution is 5.99. The van der Waals surface area contributed by atoms with E-state index < -0.39 is 36.2 Å². The molecule has 0 bridgehead atoms. The first-order chi connectivity index (χ1) is 32.4. The Morgan fingerprint density at radius 2 is 1.51 bits per heavy atom. The van der Waals surface area contributed by atoms with Crippen molar-refractivity contribution in [2.24, 2.45) is 11.8 Å². The number of nitrogens with zero attached hydrogens (tertiary/aromatic N) is 3. The fraction of sp³-hybridized carbons (Fsp3) is 0.500. The van der Waals surface area contributed by atoms with Crippen LogP contribution in [0.4, 0.5) is 15.3 Å². The number of ether oxygens (including phenoxy) is 3. The van der Waals surface area contributed by atoms with Crippen molar-refractivity contribution in [3.05, 3.63) is 95.4 Å². The molecule has 1 aromatic heterocycles. The van der Waals surface area contributed by atoms with E-state index in [1.807, 2.05) is 37.1 Å². The molecule has 2 fully saturated rings. The van der Waals surface area contributed by atoms with Crippen LogP contribution in [-0.4, -0.2) is 103 Å². The molecule has 1 aliphatic carbocycles. The van der Waals surface area contributed by atoms with E-state index in [2.05, 4.69) is 65.1 Å². The van der Waals surface area contributed by atoms with Crippen LogP contribution in [-0.2, 0) is 34.0 Å². The van der Waals surface area contributed by atoms with Crippen molar-refractivity contribution in [2.45, 2.75) is 115 Å². The van der Waals surface area contributed by atoms with Crippen LogP contribution in [0.3, 0.4) is 0 Å². The Hall–Kier alpha value is -6.22. The van der Waals surface area contributed by atoms with Crippen molar-refractivity contribution in [1.29, 1.82) is 0 Å². The fourth-order valence-corrected chi connectivity index (χ4v) is 10.5. The predicted molar refractivity (Wildman–Crippen MR) is 256 cm³/mol. The van der Waals surface area contributed by atoms with Crippen molar-refractivity contribution < 1.29 is 38.2 Å². The number of anilines is 1. The summed E-state index contributed by atoms with van der Waals surface area (Å²) in [7, 11) is 4.15. The van der Waals surface area contributed by atoms with Gasteiger partial charge in [0.1, 0.15) is 23.9 Å². The second-order valence-corrected chi connectivity index (χ2v) is 18.6. The molecule has 0 spiro atoms. The van der Waals surface area contributed by atoms with Crippen LogP contribution in [0.2, 0.25) is 0 Å². The Labute approximate surface area is 394 Å². The Balaban J connectivity index is 1.18. The summed E-state index contributed by atoms with van der Waals surface area (Å²) in [6.45, 7) is 9.46. The average Bonchev–Trinajstić information content (AvgIpc) is 4.16. The minimum Gasteiger partial charge on any atom is -0.453 e. The van der Waals surface area contributed by atoms with E-state index in [9.17, 15) is 24.0 Å². The summed E-state index contributed by atoms with van der Waals surface area (Å²) < 4.78 is 15.2. The van der Waals surface area contributed by atoms with Crippen LogP contribution >= 0.6 is 0 Å². The van der Waals surface area contributed by atoms with Crippen molar-refractivity contribution >= 4 is 35.6 Å². The molecule has 3 heterocycles. The third kappa shape index (κ3) is 10.2. The van der Waals surface area contributed by atoms with Crippen LogP contribution < -0.4 is 16.0 Å². The molecule has 2 aliphatic heterocycles. The molecule has 3 aromatic carbocycles. The minimum absolute atomic E-state index is 0.0863. The molecule has 0 radical (unpaired) electrons. The quantitative estimate of drug-likeness (QED) is 0.0759. The summed E-state index contributed by atoms with van der Waals surface area (Å²) in [4.78, 5) is 79.3. The number of carbonyl (C=O) groups excluding carboxylic acids is 5. The topological polar surface area (TPSA) is 184 Å². The van der Waals surface area contributed by atoms with Gasteiger partial charge in [-0.1, -0.05) is 102 Å². The van der Waals surface area contributed by atoms with Crippen molar-refractivity contribution in [1.82, 2.24) is 30.4 Å². The lowest BCUT2D eigenvalue weighted by Gasteiger charge is -2.33. The zero-order chi connectivity index (χ0) is 47.8. The molecule has 0 saturated carbocycles. The second-order valence-electron chi connectivity index (χ2n) is 18.6. The third-order valence-electron chi connectivity index (χ3n) is 13.9. The van der Waals surface area contributed by atoms with Gasteiger partial charge in [0.25, 0.3) is 5.91 Å². The van der Waals surface area contributed by atoms with Gasteiger partial charge in [0.15, 0.2) is 0 Å². The largest absolute Gasteiger partial charge is 0.453 e. The van der Waals surface area contributed by atoms with Crippen molar-refractivity contribution in [3.63, 3.8) is 0 Å². The summed E-state index contributed by atoms with van der Waals surface area (Å²) in [6.07, 6.45) is 8.33. The van der Waals surface area contributed by atoms with E-state index in [0.717, 1.165) is 73.8 Å². The zero-order valence-electron chi connectivity index (χ0n) is 40.0. The average molecular weight is 918 g/mol. The number of likely N-dealkylation sites (tertiary alicyclic amines) is 2. The summed E-state index contributed by atoms with van der Waals surface area (Å²) in [5.74, 6) is -0.379. The number of imidazole rings is 1. The van der Waals surface area contributed by atoms with Gasteiger partial charge in [-0.25, -0.2) is 14.6 Å². The van der Waals surface area contributed by atoms with Gasteiger partial charge in [-0.15, -0.1) is 0 Å². The maximum atomic E-state index is 14.5. The molecule has 7 rings (SSSR count). The van der Waals surface area contributed by atoms with Gasteiger partial charge in [-0.2, -0.15) is 0 Å². The number of nitrogens with one attached hydrogen (secondary N) is 4. The van der Waals surface area contributed by atoms with Crippen molar-refractivity contribution in [3.8, 4) is 22.4 Å². The third-order valence-corrected chi connectivity index (χ3v) is 13.9. The number of H-pyrrole nitrogens is 1. The molecule has 358 valence electrons. The van der Waals surface area contributed by atoms with Crippen LogP contribution in [0.15, 0.2) is 72.9 Å². The molecule has 4 aromatic rings. The lowest BCUT2D eigenvalue weighted by molar-refractivity contribution is -0.138. The Morgan fingerprint density at radius 1 is 0.836 bits per heavy atom. The van der Waals surface area contributed by atoms with Crippen LogP contribution in [0.1, 0.15) is 120 Å². The molecular weight excluding hydrogens is 851 g/mol. The highest BCUT2D eigenvalue weighted by Crippen LogP contribution is 2.55. The number of rotatable bonds is 18. The predicted octanol–water partition coefficient (Wildman–Crippen LogP) is 8.67. The fourth-order valence-electron chi connectivity index (χ4n) is 10.5. The Kier molecular flexibility index (Phi) is 15.7. The molecule has 0 unspecified atom stereocenters. The lowest BCUT2D eigenvalue weighted by Crippen LogP contribution is -2.51. The number of aromatic amines is 1. The number of carbonyl (C=O) groups is 5. The van der Waals surface area contributed by atoms with E-state index in [-0.39, 0.29) is 41.7 Å². The van der Waals surface area contributed by atoms with E-state index in [1.54, 1.807) is 36.3 Å². The molecule has 4 N–H and O–H groups in total. The number of unbranched alkanes of at least 4 members (excludes halogenated alkanes) is 2. The van der Waals surface area contributed by atoms with Crippen LogP contribution in [0.5, 0.6) is 0 Å². The zero-order valence-corrected chi connectivity index (χ0v) is 40.0. The number of alkyl carbamates (subject to hydrolysis) is 2. The van der Waals surface area contributed by atoms with E-state index in [0.29, 0.717) is 36.6 Å². The number of fused-ring (bicyclic) bond motifs is 3. The summed E-state index contributed by atoms with van der Waals surface area (Å²) in [6, 6.07) is 18.9. The smallest absolute Gasteiger partial charge is 0.407 e. The molecule has 2 saturated heterocycles. The second kappa shape index (κ2) is 21.6. The highest BCUT2D eigenvalue weighted by atomic mass is 16.5. The molecule has 5 amide bonds. The number of methoxy groups -OCH3 is 3. The molecular formula is C52H67N7O8. The number of aromatic nitrogens is 2. The van der Waals surface area contributed by atoms with E-state index in [4.69, 9.17) is 19.2 Å². The van der Waals surface area contributed by atoms with Crippen LogP contribution in [0.25, 0.3) is 22.4 Å². The Morgan fingerprint density at radius 3 is 2.16 bits per heavy atom. The van der Waals surface area contributed by atoms with Crippen LogP contribution in [0, 0.1) is 11.8 Å². The maximum Gasteiger partial charge on any atom is 0.407 e. The first kappa shape index (κ1) is 48.7. The molecule has 5 atom stereocenters. The summed E-state index contributed by atoms with van der Waals surface area (Å²) >= 11 is 0. The first-order valence-electron chi connectivity index (χ1n) is 23.9. The van der Waals surface area contributed by atoms with Gasteiger partial charge in [0.05, 0.1) is 38.8 Å². The lowest BCUT2D eigenvalue weighted by atomic mass is 9.70. The monoisotopic (exact) mass is 918 g/mol. The van der Waals surface area contributed by atoms with Crippen molar-refractivity contribution in [2.75, 3.05) is 46.3 Å². The van der Waals surface area contributed by atoms with Gasteiger partial charge in [-0.3, -0.25) is 14.4 Å². The number of hydrogen-bond acceptors (Lipinski definition) is 9. The standard InChI is InChI=1S/C52H67N7O8/c1-8-10-23-52(24-11-9-2)39-27-35(41-29-53-46(55-41)42-18-15-25-58(42)48(61)44(32(3)4)56-50(63)66-6)19-21-37(39)38-22-20-36(28-40(38)52)54-47(60)43-26-33(31-65-5)30-59(43)49(62)45(57-51(64)67-7)34-16-13-12-14-17-34/h12-14,16-17,19-22,27-29,32-33,42-45H,8-11,15,18,23-26,30-31H2,1-7H3,(H,53,55)(H,54,60)(H,56,63)(H,57,64)/t33-,42-,43-,44-,45+/m0/s1. The van der Waals surface area contributed by atoms with Gasteiger partial charge < -0.3 is 44.9 Å². The SMILES string of the molecule is CCCCC1(CCCC)c2cc(NC(=O)[C@@H]3C[C@H](COC)CN3C(=O)[C@H](NC(=O)OC)c3ccccc3)ccc2-c2ccc(-c3cnc([C@@H]4CCCN4C(=O)[C@@H](NC(=O)OC)C(C)C)[nH]3)cc21.